The molecule has 0 aliphatic carbocycles. The molecule has 3 aromatic rings. The lowest BCUT2D eigenvalue weighted by Crippen LogP contribution is -2.10. The Hall–Kier alpha value is -3.02. The van der Waals surface area contributed by atoms with Crippen molar-refractivity contribution in [2.24, 2.45) is 0 Å². The van der Waals surface area contributed by atoms with Crippen molar-refractivity contribution in [2.45, 2.75) is 32.7 Å². The van der Waals surface area contributed by atoms with Gasteiger partial charge in [0.15, 0.2) is 11.5 Å². The fraction of sp³-hybridized carbons (Fsp3) is 0.333. The van der Waals surface area contributed by atoms with Gasteiger partial charge in [0, 0.05) is 5.56 Å². The molecule has 0 spiro atoms. The molecular formula is C21H24N2O4. The van der Waals surface area contributed by atoms with E-state index < -0.39 is 5.97 Å². The zero-order valence-corrected chi connectivity index (χ0v) is 15.6. The topological polar surface area (TPSA) is 73.6 Å². The molecule has 1 aromatic heterocycles. The van der Waals surface area contributed by atoms with Crippen LogP contribution in [0.5, 0.6) is 11.5 Å². The van der Waals surface area contributed by atoms with E-state index in [0.29, 0.717) is 23.9 Å². The van der Waals surface area contributed by atoms with Crippen LogP contribution < -0.4 is 9.47 Å². The Morgan fingerprint density at radius 1 is 1.15 bits per heavy atom. The van der Waals surface area contributed by atoms with E-state index in [1.165, 1.54) is 0 Å². The maximum Gasteiger partial charge on any atom is 0.323 e. The van der Waals surface area contributed by atoms with E-state index in [4.69, 9.17) is 9.47 Å². The van der Waals surface area contributed by atoms with Gasteiger partial charge in [0.25, 0.3) is 0 Å². The summed E-state index contributed by atoms with van der Waals surface area (Å²) in [5.41, 5.74) is 2.33. The summed E-state index contributed by atoms with van der Waals surface area (Å²) >= 11 is 0. The number of hydrogen-bond donors (Lipinski definition) is 1. The van der Waals surface area contributed by atoms with E-state index in [1.807, 2.05) is 42.5 Å². The number of methoxy groups -OCH3 is 1. The number of carboxylic acid groups (broad SMARTS) is 1. The van der Waals surface area contributed by atoms with Crippen LogP contribution in [-0.2, 0) is 11.3 Å². The molecule has 0 radical (unpaired) electrons. The average Bonchev–Trinajstić information content (AvgIpc) is 3.03. The Bertz CT molecular complexity index is 933. The number of benzene rings is 2. The van der Waals surface area contributed by atoms with E-state index in [0.717, 1.165) is 35.9 Å². The number of carbonyl (C=O) groups is 1. The fourth-order valence-corrected chi connectivity index (χ4v) is 3.05. The van der Waals surface area contributed by atoms with Gasteiger partial charge in [-0.2, -0.15) is 0 Å². The number of aliphatic carboxylic acids is 1. The first-order valence-electron chi connectivity index (χ1n) is 9.12. The molecule has 0 amide bonds. The first kappa shape index (κ1) is 18.8. The minimum Gasteiger partial charge on any atom is -0.493 e. The molecule has 27 heavy (non-hydrogen) atoms. The molecular weight excluding hydrogens is 344 g/mol. The van der Waals surface area contributed by atoms with Gasteiger partial charge in [-0.05, 0) is 36.8 Å². The van der Waals surface area contributed by atoms with Gasteiger partial charge in [-0.1, -0.05) is 31.9 Å². The standard InChI is InChI=1S/C21H24N2O4/c1-3-4-7-12-27-18-11-10-15(13-19(18)26-2)21-22-16-8-5-6-9-17(16)23(21)14-20(24)25/h5-6,8-11,13H,3-4,7,12,14H2,1-2H3,(H,24,25). The zero-order chi connectivity index (χ0) is 19.2. The van der Waals surface area contributed by atoms with E-state index in [9.17, 15) is 9.90 Å². The number of carboxylic acids is 1. The highest BCUT2D eigenvalue weighted by atomic mass is 16.5. The number of fused-ring (bicyclic) bond motifs is 1. The van der Waals surface area contributed by atoms with Crippen molar-refractivity contribution in [3.8, 4) is 22.9 Å². The Morgan fingerprint density at radius 2 is 1.96 bits per heavy atom. The number of para-hydroxylation sites is 2. The van der Waals surface area contributed by atoms with Gasteiger partial charge in [-0.25, -0.2) is 4.98 Å². The molecule has 3 rings (SSSR count). The molecule has 0 aliphatic rings. The van der Waals surface area contributed by atoms with E-state index in [-0.39, 0.29) is 6.54 Å². The van der Waals surface area contributed by atoms with Crippen molar-refractivity contribution in [2.75, 3.05) is 13.7 Å². The lowest BCUT2D eigenvalue weighted by Gasteiger charge is -2.13. The molecule has 1 N–H and O–H groups in total. The van der Waals surface area contributed by atoms with E-state index >= 15 is 0 Å². The van der Waals surface area contributed by atoms with Crippen LogP contribution in [0, 0.1) is 0 Å². The van der Waals surface area contributed by atoms with Crippen molar-refractivity contribution >= 4 is 17.0 Å². The van der Waals surface area contributed by atoms with Crippen molar-refractivity contribution in [1.29, 1.82) is 0 Å². The number of hydrogen-bond acceptors (Lipinski definition) is 4. The predicted octanol–water partition coefficient (Wildman–Crippen LogP) is 4.37. The minimum absolute atomic E-state index is 0.159. The molecule has 6 nitrogen and oxygen atoms in total. The molecule has 1 heterocycles. The predicted molar refractivity (Wildman–Crippen MR) is 104 cm³/mol. The summed E-state index contributed by atoms with van der Waals surface area (Å²) in [6, 6.07) is 13.1. The maximum atomic E-state index is 11.3. The summed E-state index contributed by atoms with van der Waals surface area (Å²) in [6.45, 7) is 2.63. The highest BCUT2D eigenvalue weighted by Gasteiger charge is 2.16. The second kappa shape index (κ2) is 8.58. The van der Waals surface area contributed by atoms with Gasteiger partial charge in [0.05, 0.1) is 24.8 Å². The van der Waals surface area contributed by atoms with Crippen molar-refractivity contribution < 1.29 is 19.4 Å². The quantitative estimate of drug-likeness (QED) is 0.568. The van der Waals surface area contributed by atoms with Crippen LogP contribution in [0.25, 0.3) is 22.4 Å². The summed E-state index contributed by atoms with van der Waals surface area (Å²) in [7, 11) is 1.60. The Labute approximate surface area is 158 Å². The lowest BCUT2D eigenvalue weighted by atomic mass is 10.2. The van der Waals surface area contributed by atoms with Gasteiger partial charge in [-0.15, -0.1) is 0 Å². The molecule has 0 unspecified atom stereocenters. The van der Waals surface area contributed by atoms with Gasteiger partial charge in [0.1, 0.15) is 12.4 Å². The van der Waals surface area contributed by atoms with Crippen LogP contribution in [0.2, 0.25) is 0 Å². The zero-order valence-electron chi connectivity index (χ0n) is 15.6. The molecule has 0 saturated carbocycles. The summed E-state index contributed by atoms with van der Waals surface area (Å²) < 4.78 is 13.0. The number of ether oxygens (including phenoxy) is 2. The molecule has 0 saturated heterocycles. The Balaban J connectivity index is 1.97. The minimum atomic E-state index is -0.915. The monoisotopic (exact) mass is 368 g/mol. The largest absolute Gasteiger partial charge is 0.493 e. The summed E-state index contributed by atoms with van der Waals surface area (Å²) in [6.07, 6.45) is 3.26. The molecule has 0 aliphatic heterocycles. The normalized spacial score (nSPS) is 10.9. The smallest absolute Gasteiger partial charge is 0.323 e. The number of nitrogens with zero attached hydrogens (tertiary/aromatic N) is 2. The van der Waals surface area contributed by atoms with Crippen LogP contribution >= 0.6 is 0 Å². The third kappa shape index (κ3) is 4.22. The summed E-state index contributed by atoms with van der Waals surface area (Å²) in [5.74, 6) is 0.966. The average molecular weight is 368 g/mol. The number of aromatic nitrogens is 2. The van der Waals surface area contributed by atoms with Gasteiger partial charge in [-0.3, -0.25) is 4.79 Å². The number of unbranched alkanes of at least 4 members (excludes halogenated alkanes) is 2. The first-order valence-corrected chi connectivity index (χ1v) is 9.12. The second-order valence-electron chi connectivity index (χ2n) is 6.33. The summed E-state index contributed by atoms with van der Waals surface area (Å²) in [4.78, 5) is 16.0. The number of imidazole rings is 1. The van der Waals surface area contributed by atoms with Gasteiger partial charge >= 0.3 is 5.97 Å². The van der Waals surface area contributed by atoms with E-state index in [1.54, 1.807) is 11.7 Å². The van der Waals surface area contributed by atoms with Crippen LogP contribution in [-0.4, -0.2) is 34.3 Å². The fourth-order valence-electron chi connectivity index (χ4n) is 3.05. The van der Waals surface area contributed by atoms with Crippen molar-refractivity contribution in [1.82, 2.24) is 9.55 Å². The third-order valence-corrected chi connectivity index (χ3v) is 4.38. The van der Waals surface area contributed by atoms with Crippen molar-refractivity contribution in [3.63, 3.8) is 0 Å². The molecule has 0 bridgehead atoms. The molecule has 0 atom stereocenters. The molecule has 0 fully saturated rings. The van der Waals surface area contributed by atoms with E-state index in [2.05, 4.69) is 11.9 Å². The van der Waals surface area contributed by atoms with Gasteiger partial charge < -0.3 is 19.1 Å². The number of rotatable bonds is 9. The van der Waals surface area contributed by atoms with Crippen LogP contribution in [0.15, 0.2) is 42.5 Å². The molecule has 142 valence electrons. The Kier molecular flexibility index (Phi) is 5.96. The van der Waals surface area contributed by atoms with Crippen LogP contribution in [0.1, 0.15) is 26.2 Å². The summed E-state index contributed by atoms with van der Waals surface area (Å²) in [5, 5.41) is 9.31. The maximum absolute atomic E-state index is 11.3. The highest BCUT2D eigenvalue weighted by molar-refractivity contribution is 5.83. The highest BCUT2D eigenvalue weighted by Crippen LogP contribution is 2.33. The lowest BCUT2D eigenvalue weighted by molar-refractivity contribution is -0.137. The molecule has 2 aromatic carbocycles. The molecule has 6 heteroatoms. The third-order valence-electron chi connectivity index (χ3n) is 4.38. The van der Waals surface area contributed by atoms with Gasteiger partial charge in [0.2, 0.25) is 0 Å². The Morgan fingerprint density at radius 3 is 2.70 bits per heavy atom. The SMILES string of the molecule is CCCCCOc1ccc(-c2nc3ccccc3n2CC(=O)O)cc1OC. The van der Waals surface area contributed by atoms with Crippen molar-refractivity contribution in [3.05, 3.63) is 42.5 Å². The van der Waals surface area contributed by atoms with Crippen LogP contribution in [0.4, 0.5) is 0 Å². The second-order valence-corrected chi connectivity index (χ2v) is 6.33. The first-order chi connectivity index (χ1) is 13.1. The van der Waals surface area contributed by atoms with Crippen LogP contribution in [0.3, 0.4) is 0 Å².